The molecule has 1 fully saturated rings. The van der Waals surface area contributed by atoms with E-state index in [0.717, 1.165) is 24.6 Å². The second kappa shape index (κ2) is 7.99. The number of carbonyl (C=O) groups is 3. The van der Waals surface area contributed by atoms with Gasteiger partial charge in [0, 0.05) is 30.8 Å². The van der Waals surface area contributed by atoms with Gasteiger partial charge in [-0.25, -0.2) is 4.39 Å². The highest BCUT2D eigenvalue weighted by Crippen LogP contribution is 2.18. The van der Waals surface area contributed by atoms with E-state index in [2.05, 4.69) is 5.32 Å². The topological polar surface area (TPSA) is 86.7 Å². The summed E-state index contributed by atoms with van der Waals surface area (Å²) >= 11 is 0. The molecule has 0 unspecified atom stereocenters. The highest BCUT2D eigenvalue weighted by atomic mass is 19.1. The van der Waals surface area contributed by atoms with Gasteiger partial charge in [-0.15, -0.1) is 0 Å². The fourth-order valence-corrected chi connectivity index (χ4v) is 2.99. The number of carbonyl (C=O) groups excluding carboxylic acids is 2. The number of aliphatic carboxylic acids is 1. The number of anilines is 1. The van der Waals surface area contributed by atoms with Crippen molar-refractivity contribution in [3.63, 3.8) is 0 Å². The van der Waals surface area contributed by atoms with E-state index >= 15 is 0 Å². The van der Waals surface area contributed by atoms with Crippen LogP contribution in [0.15, 0.2) is 42.5 Å². The lowest BCUT2D eigenvalue weighted by molar-refractivity contribution is -0.136. The average Bonchev–Trinajstić information content (AvgIpc) is 3.02. The molecule has 1 saturated heterocycles. The Morgan fingerprint density at radius 3 is 2.48 bits per heavy atom. The Balaban J connectivity index is 1.63. The lowest BCUT2D eigenvalue weighted by atomic mass is 10.1. The van der Waals surface area contributed by atoms with Crippen LogP contribution in [0.2, 0.25) is 0 Å². The van der Waals surface area contributed by atoms with Gasteiger partial charge >= 0.3 is 5.97 Å². The van der Waals surface area contributed by atoms with Crippen LogP contribution < -0.4 is 5.32 Å². The van der Waals surface area contributed by atoms with Crippen molar-refractivity contribution in [1.82, 2.24) is 4.90 Å². The van der Waals surface area contributed by atoms with E-state index < -0.39 is 24.1 Å². The first kappa shape index (κ1) is 18.6. The Morgan fingerprint density at radius 1 is 1.15 bits per heavy atom. The molecule has 1 aliphatic rings. The molecule has 7 heteroatoms. The zero-order valence-electron chi connectivity index (χ0n) is 14.6. The molecule has 2 aromatic carbocycles. The maximum Gasteiger partial charge on any atom is 0.307 e. The van der Waals surface area contributed by atoms with Crippen molar-refractivity contribution in [2.24, 2.45) is 0 Å². The van der Waals surface area contributed by atoms with Crippen LogP contribution in [0.5, 0.6) is 0 Å². The fraction of sp³-hybridized carbons (Fsp3) is 0.250. The summed E-state index contributed by atoms with van der Waals surface area (Å²) in [6, 6.07) is 10.8. The number of carboxylic acid groups (broad SMARTS) is 1. The van der Waals surface area contributed by atoms with E-state index in [0.29, 0.717) is 18.5 Å². The summed E-state index contributed by atoms with van der Waals surface area (Å²) < 4.78 is 13.9. The minimum Gasteiger partial charge on any atom is -0.481 e. The monoisotopic (exact) mass is 370 g/mol. The van der Waals surface area contributed by atoms with Gasteiger partial charge in [0.1, 0.15) is 5.82 Å². The van der Waals surface area contributed by atoms with Crippen LogP contribution in [-0.2, 0) is 22.6 Å². The summed E-state index contributed by atoms with van der Waals surface area (Å²) in [5.74, 6) is -2.06. The zero-order valence-corrected chi connectivity index (χ0v) is 14.6. The Bertz CT molecular complexity index is 880. The van der Waals surface area contributed by atoms with Crippen LogP contribution in [0.4, 0.5) is 10.1 Å². The van der Waals surface area contributed by atoms with Gasteiger partial charge in [0.25, 0.3) is 5.91 Å². The number of carboxylic acids is 1. The number of rotatable bonds is 6. The minimum absolute atomic E-state index is 0.0568. The molecule has 27 heavy (non-hydrogen) atoms. The molecule has 2 N–H and O–H groups in total. The Kier molecular flexibility index (Phi) is 5.49. The lowest BCUT2D eigenvalue weighted by Gasteiger charge is -2.15. The molecule has 1 heterocycles. The van der Waals surface area contributed by atoms with Gasteiger partial charge in [-0.3, -0.25) is 14.4 Å². The molecule has 140 valence electrons. The van der Waals surface area contributed by atoms with Gasteiger partial charge in [-0.2, -0.15) is 0 Å². The lowest BCUT2D eigenvalue weighted by Crippen LogP contribution is -2.23. The molecule has 0 saturated carbocycles. The molecular formula is C20H19FN2O4. The molecule has 2 amide bonds. The summed E-state index contributed by atoms with van der Waals surface area (Å²) in [4.78, 5) is 36.4. The number of nitrogens with one attached hydrogen (secondary N) is 1. The van der Waals surface area contributed by atoms with Crippen LogP contribution in [0.25, 0.3) is 0 Å². The standard InChI is InChI=1S/C20H19FN2O4/c21-17-11-16(8-7-15(17)10-19(25)26)22-20(27)14-5-3-13(4-6-14)12-23-9-1-2-18(23)24/h3-8,11H,1-2,9-10,12H2,(H,22,27)(H,25,26). The van der Waals surface area contributed by atoms with E-state index in [9.17, 15) is 18.8 Å². The van der Waals surface area contributed by atoms with Crippen LogP contribution in [0.3, 0.4) is 0 Å². The highest BCUT2D eigenvalue weighted by molar-refractivity contribution is 6.04. The average molecular weight is 370 g/mol. The van der Waals surface area contributed by atoms with Crippen LogP contribution in [0, 0.1) is 5.82 Å². The molecule has 0 atom stereocenters. The molecule has 0 radical (unpaired) electrons. The van der Waals surface area contributed by atoms with Crippen molar-refractivity contribution in [3.8, 4) is 0 Å². The summed E-state index contributed by atoms with van der Waals surface area (Å²) in [6.45, 7) is 1.28. The SMILES string of the molecule is O=C(O)Cc1ccc(NC(=O)c2ccc(CN3CCCC3=O)cc2)cc1F. The first-order valence-corrected chi connectivity index (χ1v) is 8.60. The normalized spacial score (nSPS) is 13.7. The van der Waals surface area contributed by atoms with Gasteiger partial charge in [0.15, 0.2) is 0 Å². The quantitative estimate of drug-likeness (QED) is 0.819. The van der Waals surface area contributed by atoms with Gasteiger partial charge in [0.05, 0.1) is 6.42 Å². The number of hydrogen-bond acceptors (Lipinski definition) is 3. The predicted octanol–water partition coefficient (Wildman–Crippen LogP) is 2.83. The van der Waals surface area contributed by atoms with Gasteiger partial charge in [-0.1, -0.05) is 18.2 Å². The van der Waals surface area contributed by atoms with E-state index in [1.165, 1.54) is 12.1 Å². The molecule has 2 aromatic rings. The summed E-state index contributed by atoms with van der Waals surface area (Å²) in [5.41, 5.74) is 1.65. The Hall–Kier alpha value is -3.22. The number of halogens is 1. The minimum atomic E-state index is -1.12. The van der Waals surface area contributed by atoms with E-state index in [1.807, 2.05) is 0 Å². The van der Waals surface area contributed by atoms with Crippen molar-refractivity contribution in [2.45, 2.75) is 25.8 Å². The number of nitrogens with zero attached hydrogens (tertiary/aromatic N) is 1. The van der Waals surface area contributed by atoms with E-state index in [1.54, 1.807) is 29.2 Å². The predicted molar refractivity (Wildman–Crippen MR) is 96.8 cm³/mol. The number of benzene rings is 2. The van der Waals surface area contributed by atoms with Gasteiger partial charge < -0.3 is 15.3 Å². The summed E-state index contributed by atoms with van der Waals surface area (Å²) in [7, 11) is 0. The molecular weight excluding hydrogens is 351 g/mol. The number of likely N-dealkylation sites (tertiary alicyclic amines) is 1. The van der Waals surface area contributed by atoms with Crippen molar-refractivity contribution in [3.05, 3.63) is 65.0 Å². The van der Waals surface area contributed by atoms with Crippen molar-refractivity contribution < 1.29 is 23.9 Å². The summed E-state index contributed by atoms with van der Waals surface area (Å²) in [5, 5.41) is 11.3. The number of hydrogen-bond donors (Lipinski definition) is 2. The van der Waals surface area contributed by atoms with Crippen LogP contribution >= 0.6 is 0 Å². The van der Waals surface area contributed by atoms with Crippen molar-refractivity contribution >= 4 is 23.5 Å². The van der Waals surface area contributed by atoms with Crippen LogP contribution in [-0.4, -0.2) is 34.3 Å². The van der Waals surface area contributed by atoms with Gasteiger partial charge in [0.2, 0.25) is 5.91 Å². The largest absolute Gasteiger partial charge is 0.481 e. The van der Waals surface area contributed by atoms with Crippen LogP contribution in [0.1, 0.15) is 34.3 Å². The molecule has 0 aromatic heterocycles. The molecule has 0 spiro atoms. The van der Waals surface area contributed by atoms with E-state index in [4.69, 9.17) is 5.11 Å². The third kappa shape index (κ3) is 4.69. The maximum atomic E-state index is 13.9. The number of amides is 2. The molecule has 0 bridgehead atoms. The first-order chi connectivity index (χ1) is 12.9. The molecule has 0 aliphatic carbocycles. The molecule has 3 rings (SSSR count). The smallest absolute Gasteiger partial charge is 0.307 e. The highest BCUT2D eigenvalue weighted by Gasteiger charge is 2.20. The zero-order chi connectivity index (χ0) is 19.4. The fourth-order valence-electron chi connectivity index (χ4n) is 2.99. The van der Waals surface area contributed by atoms with E-state index in [-0.39, 0.29) is 17.2 Å². The van der Waals surface area contributed by atoms with Gasteiger partial charge in [-0.05, 0) is 41.8 Å². The third-order valence-corrected chi connectivity index (χ3v) is 4.41. The van der Waals surface area contributed by atoms with Crippen molar-refractivity contribution in [1.29, 1.82) is 0 Å². The first-order valence-electron chi connectivity index (χ1n) is 8.60. The van der Waals surface area contributed by atoms with Crippen molar-refractivity contribution in [2.75, 3.05) is 11.9 Å². The summed E-state index contributed by atoms with van der Waals surface area (Å²) in [6.07, 6.45) is 1.05. The maximum absolute atomic E-state index is 13.9. The third-order valence-electron chi connectivity index (χ3n) is 4.41. The Morgan fingerprint density at radius 2 is 1.89 bits per heavy atom. The second-order valence-electron chi connectivity index (χ2n) is 6.45. The second-order valence-corrected chi connectivity index (χ2v) is 6.45. The molecule has 1 aliphatic heterocycles. The molecule has 6 nitrogen and oxygen atoms in total. The Labute approximate surface area is 155 Å².